The first-order valence-electron chi connectivity index (χ1n) is 4.65. The molecule has 0 aromatic carbocycles. The van der Waals surface area contributed by atoms with Crippen molar-refractivity contribution in [1.29, 1.82) is 0 Å². The van der Waals surface area contributed by atoms with Gasteiger partial charge in [-0.05, 0) is 25.0 Å². The Hall–Kier alpha value is -1.35. The Morgan fingerprint density at radius 2 is 2.40 bits per heavy atom. The van der Waals surface area contributed by atoms with Crippen molar-refractivity contribution in [1.82, 2.24) is 0 Å². The molecule has 0 unspecified atom stereocenters. The third kappa shape index (κ3) is 3.06. The van der Waals surface area contributed by atoms with E-state index in [1.165, 1.54) is 18.4 Å². The Bertz CT molecular complexity index is 388. The normalized spacial score (nSPS) is 10.5. The average molecular weight is 222 g/mol. The smallest absolute Gasteiger partial charge is 0.348 e. The van der Waals surface area contributed by atoms with E-state index in [0.717, 1.165) is 16.9 Å². The SMILES string of the molecule is C=CC/C=C/c1cc(C)sc1C(=O)OC. The summed E-state index contributed by atoms with van der Waals surface area (Å²) < 4.78 is 4.71. The summed E-state index contributed by atoms with van der Waals surface area (Å²) in [7, 11) is 1.40. The number of ether oxygens (including phenoxy) is 1. The van der Waals surface area contributed by atoms with Crippen LogP contribution < -0.4 is 0 Å². The molecule has 0 spiro atoms. The van der Waals surface area contributed by atoms with Gasteiger partial charge < -0.3 is 4.74 Å². The maximum absolute atomic E-state index is 11.4. The number of allylic oxidation sites excluding steroid dienone is 2. The van der Waals surface area contributed by atoms with Crippen molar-refractivity contribution < 1.29 is 9.53 Å². The molecule has 0 atom stereocenters. The molecule has 1 aromatic rings. The summed E-state index contributed by atoms with van der Waals surface area (Å²) >= 11 is 1.45. The molecular formula is C12H14O2S. The maximum Gasteiger partial charge on any atom is 0.348 e. The lowest BCUT2D eigenvalue weighted by Gasteiger charge is -1.96. The number of methoxy groups -OCH3 is 1. The van der Waals surface area contributed by atoms with Crippen LogP contribution in [0, 0.1) is 6.92 Å². The summed E-state index contributed by atoms with van der Waals surface area (Å²) in [4.78, 5) is 13.2. The van der Waals surface area contributed by atoms with Crippen molar-refractivity contribution in [2.24, 2.45) is 0 Å². The molecule has 15 heavy (non-hydrogen) atoms. The summed E-state index contributed by atoms with van der Waals surface area (Å²) in [6.07, 6.45) is 6.52. The minimum Gasteiger partial charge on any atom is -0.465 e. The Morgan fingerprint density at radius 3 is 3.00 bits per heavy atom. The van der Waals surface area contributed by atoms with Crippen molar-refractivity contribution in [3.05, 3.63) is 40.1 Å². The van der Waals surface area contributed by atoms with E-state index in [0.29, 0.717) is 4.88 Å². The molecule has 0 N–H and O–H groups in total. The van der Waals surface area contributed by atoms with Crippen LogP contribution in [0.25, 0.3) is 6.08 Å². The Balaban J connectivity index is 2.95. The van der Waals surface area contributed by atoms with Gasteiger partial charge in [0, 0.05) is 4.88 Å². The van der Waals surface area contributed by atoms with Gasteiger partial charge in [0.2, 0.25) is 0 Å². The third-order valence-corrected chi connectivity index (χ3v) is 2.90. The zero-order chi connectivity index (χ0) is 11.3. The fourth-order valence-electron chi connectivity index (χ4n) is 1.20. The second kappa shape index (κ2) is 5.51. The first-order valence-corrected chi connectivity index (χ1v) is 5.47. The number of thiophene rings is 1. The fourth-order valence-corrected chi connectivity index (χ4v) is 2.12. The Morgan fingerprint density at radius 1 is 1.67 bits per heavy atom. The quantitative estimate of drug-likeness (QED) is 0.576. The maximum atomic E-state index is 11.4. The average Bonchev–Trinajstić information content (AvgIpc) is 2.59. The number of aryl methyl sites for hydroxylation is 1. The molecule has 0 aliphatic rings. The summed E-state index contributed by atoms with van der Waals surface area (Å²) in [5, 5.41) is 0. The number of hydrogen-bond donors (Lipinski definition) is 0. The lowest BCUT2D eigenvalue weighted by atomic mass is 10.2. The Labute approximate surface area is 93.9 Å². The van der Waals surface area contributed by atoms with Gasteiger partial charge >= 0.3 is 5.97 Å². The van der Waals surface area contributed by atoms with Gasteiger partial charge in [-0.2, -0.15) is 0 Å². The first-order chi connectivity index (χ1) is 7.19. The fraction of sp³-hybridized carbons (Fsp3) is 0.250. The number of hydrogen-bond acceptors (Lipinski definition) is 3. The van der Waals surface area contributed by atoms with Crippen LogP contribution in [0.4, 0.5) is 0 Å². The minimum atomic E-state index is -0.272. The van der Waals surface area contributed by atoms with Crippen LogP contribution in [0.5, 0.6) is 0 Å². The molecule has 0 aliphatic heterocycles. The van der Waals surface area contributed by atoms with Gasteiger partial charge in [-0.15, -0.1) is 17.9 Å². The number of carbonyl (C=O) groups excluding carboxylic acids is 1. The molecule has 0 aliphatic carbocycles. The second-order valence-corrected chi connectivity index (χ2v) is 4.32. The summed E-state index contributed by atoms with van der Waals surface area (Å²) in [5.74, 6) is -0.272. The highest BCUT2D eigenvalue weighted by Gasteiger charge is 2.12. The summed E-state index contributed by atoms with van der Waals surface area (Å²) in [5.41, 5.74) is 0.922. The number of carbonyl (C=O) groups is 1. The van der Waals surface area contributed by atoms with Gasteiger partial charge in [-0.3, -0.25) is 0 Å². The van der Waals surface area contributed by atoms with Crippen molar-refractivity contribution in [2.75, 3.05) is 7.11 Å². The summed E-state index contributed by atoms with van der Waals surface area (Å²) in [6.45, 7) is 5.60. The predicted molar refractivity (Wildman–Crippen MR) is 64.2 cm³/mol. The number of rotatable bonds is 4. The van der Waals surface area contributed by atoms with Gasteiger partial charge in [0.25, 0.3) is 0 Å². The molecule has 0 saturated carbocycles. The molecule has 1 heterocycles. The van der Waals surface area contributed by atoms with E-state index < -0.39 is 0 Å². The van der Waals surface area contributed by atoms with Gasteiger partial charge in [-0.1, -0.05) is 18.2 Å². The molecule has 1 aromatic heterocycles. The highest BCUT2D eigenvalue weighted by Crippen LogP contribution is 2.23. The van der Waals surface area contributed by atoms with E-state index in [4.69, 9.17) is 4.74 Å². The molecule has 0 radical (unpaired) electrons. The first kappa shape index (κ1) is 11.7. The van der Waals surface area contributed by atoms with E-state index in [-0.39, 0.29) is 5.97 Å². The zero-order valence-electron chi connectivity index (χ0n) is 8.95. The predicted octanol–water partition coefficient (Wildman–Crippen LogP) is 3.43. The molecule has 0 saturated heterocycles. The lowest BCUT2D eigenvalue weighted by Crippen LogP contribution is -1.99. The topological polar surface area (TPSA) is 26.3 Å². The van der Waals surface area contributed by atoms with Crippen molar-refractivity contribution in [3.63, 3.8) is 0 Å². The zero-order valence-corrected chi connectivity index (χ0v) is 9.76. The molecule has 0 fully saturated rings. The minimum absolute atomic E-state index is 0.272. The molecule has 0 amide bonds. The molecule has 0 bridgehead atoms. The van der Waals surface area contributed by atoms with E-state index in [2.05, 4.69) is 6.58 Å². The van der Waals surface area contributed by atoms with Crippen LogP contribution >= 0.6 is 11.3 Å². The molecule has 3 heteroatoms. The number of esters is 1. The molecule has 2 nitrogen and oxygen atoms in total. The van der Waals surface area contributed by atoms with Crippen LogP contribution in [0.15, 0.2) is 24.8 Å². The van der Waals surface area contributed by atoms with E-state index in [1.54, 1.807) is 0 Å². The van der Waals surface area contributed by atoms with Gasteiger partial charge in [0.1, 0.15) is 4.88 Å². The standard InChI is InChI=1S/C12H14O2S/c1-4-5-6-7-10-8-9(2)15-11(10)12(13)14-3/h4,6-8H,1,5H2,2-3H3/b7-6+. The lowest BCUT2D eigenvalue weighted by molar-refractivity contribution is 0.0606. The third-order valence-electron chi connectivity index (χ3n) is 1.85. The Kier molecular flexibility index (Phi) is 4.31. The molecule has 80 valence electrons. The van der Waals surface area contributed by atoms with Crippen molar-refractivity contribution in [2.45, 2.75) is 13.3 Å². The van der Waals surface area contributed by atoms with Gasteiger partial charge in [0.15, 0.2) is 0 Å². The van der Waals surface area contributed by atoms with E-state index >= 15 is 0 Å². The van der Waals surface area contributed by atoms with Crippen LogP contribution in [-0.4, -0.2) is 13.1 Å². The summed E-state index contributed by atoms with van der Waals surface area (Å²) in [6, 6.07) is 1.98. The molecule has 1 rings (SSSR count). The van der Waals surface area contributed by atoms with Crippen LogP contribution in [0.2, 0.25) is 0 Å². The van der Waals surface area contributed by atoms with Crippen LogP contribution in [0.3, 0.4) is 0 Å². The van der Waals surface area contributed by atoms with Crippen molar-refractivity contribution >= 4 is 23.4 Å². The van der Waals surface area contributed by atoms with Crippen LogP contribution in [0.1, 0.15) is 26.5 Å². The van der Waals surface area contributed by atoms with Crippen molar-refractivity contribution in [3.8, 4) is 0 Å². The van der Waals surface area contributed by atoms with Crippen LogP contribution in [-0.2, 0) is 4.74 Å². The second-order valence-electron chi connectivity index (χ2n) is 3.06. The van der Waals surface area contributed by atoms with E-state index in [9.17, 15) is 4.79 Å². The largest absolute Gasteiger partial charge is 0.465 e. The van der Waals surface area contributed by atoms with Gasteiger partial charge in [0.05, 0.1) is 7.11 Å². The van der Waals surface area contributed by atoms with E-state index in [1.807, 2.05) is 31.2 Å². The van der Waals surface area contributed by atoms with Gasteiger partial charge in [-0.25, -0.2) is 4.79 Å². The monoisotopic (exact) mass is 222 g/mol. The highest BCUT2D eigenvalue weighted by molar-refractivity contribution is 7.14. The highest BCUT2D eigenvalue weighted by atomic mass is 32.1. The molecular weight excluding hydrogens is 208 g/mol.